The summed E-state index contributed by atoms with van der Waals surface area (Å²) in [5.41, 5.74) is 10.3. The molecule has 11 bridgehead atoms. The number of aromatic nitrogens is 1. The Bertz CT molecular complexity index is 5160. The van der Waals surface area contributed by atoms with Crippen LogP contribution in [0.2, 0.25) is 15.1 Å². The summed E-state index contributed by atoms with van der Waals surface area (Å²) in [6, 6.07) is 4.49. The van der Waals surface area contributed by atoms with Gasteiger partial charge in [0.05, 0.1) is 47.0 Å². The quantitative estimate of drug-likeness (QED) is 0.0498. The first-order valence-electron chi connectivity index (χ1n) is 39.0. The lowest BCUT2D eigenvalue weighted by atomic mass is 9.89. The van der Waals surface area contributed by atoms with E-state index in [2.05, 4.69) is 47.5 Å². The van der Waals surface area contributed by atoms with Gasteiger partial charge in [-0.2, -0.15) is 0 Å². The molecule has 7 aromatic rings. The highest BCUT2D eigenvalue weighted by atomic mass is 35.5. The largest absolute Gasteiger partial charge is 0.508 e. The molecule has 8 aliphatic rings. The number of benzene rings is 6. The number of fused-ring (bicyclic) bond motifs is 15. The Balaban J connectivity index is 0.964. The number of carbonyl (C=O) groups is 8. The zero-order valence-electron chi connectivity index (χ0n) is 66.0. The molecule has 3 saturated heterocycles. The third-order valence-corrected chi connectivity index (χ3v) is 22.5. The van der Waals surface area contributed by atoms with Gasteiger partial charge in [0.15, 0.2) is 30.1 Å². The minimum atomic E-state index is -2.43. The van der Waals surface area contributed by atoms with Crippen LogP contribution in [0.4, 0.5) is 0 Å². The SMILES string of the molecule is CN[C@H](CC(C)C)C(=O)N[C@H]1C(=O)N[C@@H](CC(N)=O)C(=O)N[C@H]2C(=O)N[C@H]3C(=O)N[C@H](C(=O)N[C@@H](C(=O)O)c4cc(O)cc(O)c4-c4cc3ccc4O)[C@H](O[C@H]3C[C@H](N)[C@@H](O)[C@H](C)O3)c3ccc(c(Cl)c3)Oc3cc2cc(c3O[C@@H]2O[C@H](CO)[C@@H](O[C@@H]3O[C@H](CNCc4coc(-c5ccc(Cl)cc5)n4)[C@H](O)[C@H](O)[C@H]3O)[C@H](O)[C@H]2O)Oc2ccc(cc2Cl)[C@H]1O. The van der Waals surface area contributed by atoms with Crippen molar-refractivity contribution in [3.63, 3.8) is 0 Å². The van der Waals surface area contributed by atoms with Crippen LogP contribution in [-0.2, 0) is 68.6 Å². The number of phenolic OH excluding ortho intramolecular Hbond substituents is 3. The Morgan fingerprint density at radius 1 is 0.653 bits per heavy atom. The smallest absolute Gasteiger partial charge is 0.330 e. The number of phenols is 3. The number of nitrogens with zero attached hydrogens (tertiary/aromatic N) is 1. The highest BCUT2D eigenvalue weighted by Gasteiger charge is 2.53. The van der Waals surface area contributed by atoms with Crippen LogP contribution in [0.25, 0.3) is 22.6 Å². The minimum Gasteiger partial charge on any atom is -0.508 e. The zero-order chi connectivity index (χ0) is 89.3. The van der Waals surface area contributed by atoms with Crippen molar-refractivity contribution in [2.24, 2.45) is 17.4 Å². The number of rotatable bonds is 20. The molecule has 6 aromatic carbocycles. The predicted molar refractivity (Wildman–Crippen MR) is 429 cm³/mol. The number of likely N-dealkylation sites (N-methyl/N-ethyl adjacent to an activating group) is 1. The van der Waals surface area contributed by atoms with Crippen LogP contribution in [0.3, 0.4) is 0 Å². The highest BCUT2D eigenvalue weighted by molar-refractivity contribution is 6.32. The number of primary amides is 1. The maximum atomic E-state index is 16.4. The van der Waals surface area contributed by atoms with Crippen LogP contribution in [0, 0.1) is 5.92 Å². The summed E-state index contributed by atoms with van der Waals surface area (Å²) in [6.45, 7) is 3.69. The van der Waals surface area contributed by atoms with Gasteiger partial charge in [0.1, 0.15) is 126 Å². The number of aliphatic hydroxyl groups is 8. The molecular weight excluding hydrogens is 1700 g/mol. The lowest BCUT2D eigenvalue weighted by molar-refractivity contribution is -0.350. The maximum absolute atomic E-state index is 16.4. The van der Waals surface area contributed by atoms with E-state index in [1.165, 1.54) is 32.4 Å². The molecule has 40 nitrogen and oxygen atoms in total. The number of carboxylic acids is 1. The molecule has 664 valence electrons. The summed E-state index contributed by atoms with van der Waals surface area (Å²) in [5.74, 6) is -16.5. The number of nitrogens with one attached hydrogen (secondary N) is 8. The molecule has 3 fully saturated rings. The number of hydrogen-bond donors (Lipinski definition) is 22. The van der Waals surface area contributed by atoms with Crippen molar-refractivity contribution in [3.05, 3.63) is 158 Å². The van der Waals surface area contributed by atoms with Gasteiger partial charge in [-0.25, -0.2) is 9.78 Å². The number of amides is 7. The molecule has 0 saturated carbocycles. The third-order valence-electron chi connectivity index (χ3n) is 21.6. The molecule has 0 unspecified atom stereocenters. The molecule has 1 aromatic heterocycles. The summed E-state index contributed by atoms with van der Waals surface area (Å²) < 4.78 is 56.6. The monoisotopic (exact) mass is 1790 g/mol. The Hall–Kier alpha value is -10.7. The van der Waals surface area contributed by atoms with Crippen LogP contribution >= 0.6 is 34.8 Å². The molecule has 15 rings (SSSR count). The fraction of sp³-hybridized carbons (Fsp3) is 0.420. The average Bonchev–Trinajstić information content (AvgIpc) is 0.824. The zero-order valence-corrected chi connectivity index (χ0v) is 68.3. The molecule has 124 heavy (non-hydrogen) atoms. The molecule has 7 amide bonds. The van der Waals surface area contributed by atoms with E-state index in [9.17, 15) is 75.7 Å². The first kappa shape index (κ1) is 91.0. The van der Waals surface area contributed by atoms with Gasteiger partial charge in [-0.05, 0) is 127 Å². The second kappa shape index (κ2) is 38.4. The van der Waals surface area contributed by atoms with Crippen molar-refractivity contribution in [2.45, 2.75) is 187 Å². The maximum Gasteiger partial charge on any atom is 0.330 e. The van der Waals surface area contributed by atoms with E-state index >= 15 is 24.0 Å². The van der Waals surface area contributed by atoms with Gasteiger partial charge in [-0.3, -0.25) is 33.6 Å². The number of ether oxygens (including phenoxy) is 8. The summed E-state index contributed by atoms with van der Waals surface area (Å²) in [4.78, 5) is 124. The van der Waals surface area contributed by atoms with Gasteiger partial charge in [0, 0.05) is 58.9 Å². The Labute approximate surface area is 719 Å². The van der Waals surface area contributed by atoms with Crippen LogP contribution in [0.1, 0.15) is 104 Å². The number of nitrogens with two attached hydrogens (primary N) is 2. The lowest BCUT2D eigenvalue weighted by Gasteiger charge is -2.46. The summed E-state index contributed by atoms with van der Waals surface area (Å²) >= 11 is 20.5. The number of hydrogen-bond acceptors (Lipinski definition) is 32. The van der Waals surface area contributed by atoms with Crippen molar-refractivity contribution >= 4 is 82.1 Å². The molecule has 0 aliphatic carbocycles. The van der Waals surface area contributed by atoms with E-state index < -0.39 is 285 Å². The van der Waals surface area contributed by atoms with Gasteiger partial charge in [-0.1, -0.05) is 66.8 Å². The van der Waals surface area contributed by atoms with E-state index in [-0.39, 0.29) is 48.9 Å². The standard InChI is InChI=1S/C81H90Cl3N11O29/c1-29(2)15-44(87-4)72(108)94-60-63(102)33-8-13-48(41(83)17-33)118-50-19-35-20-51(70(50)123-81-68(107)66(105)71(53(27-96)121-81)124-80-67(106)65(104)64(103)52(120-80)26-88-25-37-28-116-78(89-37)31-5-10-36(82)11-6-31)119-49-14-9-34(18-42(49)84)69(122-55-23-43(85)62(101)30(3)117-55)61-77(113)93-59(79(114)115)40-21-38(97)22-47(99)56(40)39-16-32(7-12-46(39)98)57(74(110)95-61)92-75(111)58(35)91-73(109)45(24-54(86)100)90-76(60)112/h5-14,16-22,28-30,43-45,52-53,55,57-69,71,80-81,87-88,96-99,101-107H,15,23-27,85H2,1-4H3,(H2,86,100)(H,90,112)(H,91,109)(H,92,111)(H,93,113)(H,94,108)(H,95,110)(H,114,115)/t30-,43-,44+,45-,52+,53+,55-,57+,58+,59+,60+,61-,62-,63+,64-,65-,66+,67+,68+,69+,71+,80-,81-/m0/s1. The van der Waals surface area contributed by atoms with E-state index in [0.717, 1.165) is 66.7 Å². The summed E-state index contributed by atoms with van der Waals surface area (Å²) in [7, 11) is 1.46. The fourth-order valence-electron chi connectivity index (χ4n) is 15.2. The number of aromatic hydroxyl groups is 3. The van der Waals surface area contributed by atoms with Crippen molar-refractivity contribution in [1.82, 2.24) is 47.5 Å². The Morgan fingerprint density at radius 3 is 1.94 bits per heavy atom. The van der Waals surface area contributed by atoms with E-state index in [4.69, 9.17) is 88.6 Å². The Morgan fingerprint density at radius 2 is 1.29 bits per heavy atom. The lowest BCUT2D eigenvalue weighted by Crippen LogP contribution is -2.65. The number of aliphatic carboxylic acids is 1. The molecule has 9 heterocycles. The van der Waals surface area contributed by atoms with Crippen LogP contribution in [0.5, 0.6) is 46.0 Å². The van der Waals surface area contributed by atoms with Gasteiger partial charge < -0.3 is 158 Å². The van der Waals surface area contributed by atoms with E-state index in [1.54, 1.807) is 38.1 Å². The number of carboxylic acid groups (broad SMARTS) is 1. The normalized spacial score (nSPS) is 29.3. The molecule has 8 aliphatic heterocycles. The molecule has 0 spiro atoms. The van der Waals surface area contributed by atoms with Crippen LogP contribution in [-0.4, -0.2) is 244 Å². The first-order chi connectivity index (χ1) is 58.9. The van der Waals surface area contributed by atoms with Crippen molar-refractivity contribution in [1.29, 1.82) is 0 Å². The first-order valence-corrected chi connectivity index (χ1v) is 40.1. The van der Waals surface area contributed by atoms with Gasteiger partial charge in [0.25, 0.3) is 0 Å². The Kier molecular flexibility index (Phi) is 28.2. The minimum absolute atomic E-state index is 0.0121. The van der Waals surface area contributed by atoms with E-state index in [0.29, 0.717) is 16.3 Å². The second-order valence-corrected chi connectivity index (χ2v) is 32.1. The molecule has 43 heteroatoms. The predicted octanol–water partition coefficient (Wildman–Crippen LogP) is 0.646. The topological polar surface area (TPSA) is 627 Å². The number of halogens is 3. The number of oxazole rings is 1. The van der Waals surface area contributed by atoms with Gasteiger partial charge in [-0.15, -0.1) is 0 Å². The number of aliphatic hydroxyl groups excluding tert-OH is 8. The summed E-state index contributed by atoms with van der Waals surface area (Å²) in [5, 5.41) is 159. The molecule has 0 radical (unpaired) electrons. The van der Waals surface area contributed by atoms with Gasteiger partial charge >= 0.3 is 5.97 Å². The van der Waals surface area contributed by atoms with Crippen molar-refractivity contribution < 1.29 is 142 Å². The molecule has 23 atom stereocenters. The van der Waals surface area contributed by atoms with Crippen LogP contribution < -0.4 is 68.2 Å². The third kappa shape index (κ3) is 19.8. The molecular formula is C81H90Cl3N11O29. The number of carbonyl (C=O) groups excluding carboxylic acids is 7. The molecule has 24 N–H and O–H groups in total. The van der Waals surface area contributed by atoms with Crippen LogP contribution in [0.15, 0.2) is 114 Å². The highest BCUT2D eigenvalue weighted by Crippen LogP contribution is 2.50. The van der Waals surface area contributed by atoms with E-state index in [1.807, 2.05) is 0 Å². The fourth-order valence-corrected chi connectivity index (χ4v) is 15.7. The average molecular weight is 1790 g/mol. The van der Waals surface area contributed by atoms with Crippen molar-refractivity contribution in [2.75, 3.05) is 20.2 Å². The van der Waals surface area contributed by atoms with Crippen molar-refractivity contribution in [3.8, 4) is 68.6 Å². The van der Waals surface area contributed by atoms with Gasteiger partial charge in [0.2, 0.25) is 59.3 Å². The second-order valence-electron chi connectivity index (χ2n) is 30.9. The summed E-state index contributed by atoms with van der Waals surface area (Å²) in [6.07, 6.45) is -27.9.